The second kappa shape index (κ2) is 4.77. The highest BCUT2D eigenvalue weighted by atomic mass is 31.1. The van der Waals surface area contributed by atoms with E-state index >= 15 is 0 Å². The minimum Gasteiger partial charge on any atom is -0.387 e. The minimum absolute atomic E-state index is 1.63. The highest BCUT2D eigenvalue weighted by Gasteiger charge is 2.52. The van der Waals surface area contributed by atoms with E-state index in [1.54, 1.807) is 0 Å². The third-order valence-electron chi connectivity index (χ3n) is 2.28. The predicted molar refractivity (Wildman–Crippen MR) is 44.7 cm³/mol. The molecule has 1 aliphatic rings. The lowest BCUT2D eigenvalue weighted by molar-refractivity contribution is -0.217. The Kier molecular flexibility index (Phi) is 4.10. The largest absolute Gasteiger partial charge is 0.695 e. The molecule has 0 aromatic heterocycles. The molecule has 15 heavy (non-hydrogen) atoms. The van der Waals surface area contributed by atoms with E-state index in [2.05, 4.69) is 4.52 Å². The molecule has 7 atom stereocenters. The lowest BCUT2D eigenvalue weighted by Gasteiger charge is -2.38. The van der Waals surface area contributed by atoms with E-state index in [1.807, 2.05) is 0 Å². The van der Waals surface area contributed by atoms with Crippen LogP contribution in [0.25, 0.3) is 0 Å². The van der Waals surface area contributed by atoms with Crippen LogP contribution in [-0.4, -0.2) is 67.0 Å². The van der Waals surface area contributed by atoms with Crippen molar-refractivity contribution >= 4 is 8.25 Å². The Morgan fingerprint density at radius 3 is 1.47 bits per heavy atom. The van der Waals surface area contributed by atoms with Crippen LogP contribution in [0.15, 0.2) is 0 Å². The fourth-order valence-corrected chi connectivity index (χ4v) is 1.88. The van der Waals surface area contributed by atoms with Gasteiger partial charge in [0.15, 0.2) is 6.10 Å². The molecule has 9 heteroatoms. The maximum absolute atomic E-state index is 10.3. The Hall–Kier alpha value is -0.180. The summed E-state index contributed by atoms with van der Waals surface area (Å²) < 4.78 is 14.6. The SMILES string of the molecule is O=[P+](O)OC1[C@@H](O)[C@H](O)C(O)[C@H](O)[C@@H]1O. The lowest BCUT2D eigenvalue weighted by Crippen LogP contribution is -2.63. The van der Waals surface area contributed by atoms with Crippen molar-refractivity contribution in [2.75, 3.05) is 0 Å². The van der Waals surface area contributed by atoms with Crippen LogP contribution < -0.4 is 0 Å². The van der Waals surface area contributed by atoms with E-state index in [0.717, 1.165) is 0 Å². The zero-order valence-corrected chi connectivity index (χ0v) is 8.31. The second-order valence-corrected chi connectivity index (χ2v) is 3.95. The topological polar surface area (TPSA) is 148 Å². The van der Waals surface area contributed by atoms with Gasteiger partial charge in [0.1, 0.15) is 30.5 Å². The number of hydrogen-bond acceptors (Lipinski definition) is 7. The number of rotatable bonds is 2. The molecular weight excluding hydrogens is 231 g/mol. The van der Waals surface area contributed by atoms with Crippen LogP contribution in [0.1, 0.15) is 0 Å². The quantitative estimate of drug-likeness (QED) is 0.278. The van der Waals surface area contributed by atoms with Gasteiger partial charge in [-0.15, -0.1) is 9.42 Å². The van der Waals surface area contributed by atoms with Crippen LogP contribution in [0.2, 0.25) is 0 Å². The van der Waals surface area contributed by atoms with E-state index < -0.39 is 44.9 Å². The van der Waals surface area contributed by atoms with Crippen molar-refractivity contribution < 1.29 is 39.5 Å². The van der Waals surface area contributed by atoms with Crippen LogP contribution >= 0.6 is 8.25 Å². The zero-order chi connectivity index (χ0) is 11.7. The van der Waals surface area contributed by atoms with Crippen molar-refractivity contribution in [2.45, 2.75) is 36.6 Å². The summed E-state index contributed by atoms with van der Waals surface area (Å²) >= 11 is 0. The van der Waals surface area contributed by atoms with E-state index in [-0.39, 0.29) is 0 Å². The fraction of sp³-hybridized carbons (Fsp3) is 1.00. The smallest absolute Gasteiger partial charge is 0.387 e. The average Bonchev–Trinajstić information content (AvgIpc) is 2.18. The predicted octanol–water partition coefficient (Wildman–Crippen LogP) is -3.16. The van der Waals surface area contributed by atoms with Gasteiger partial charge in [0.2, 0.25) is 0 Å². The first-order valence-corrected chi connectivity index (χ1v) is 5.22. The zero-order valence-electron chi connectivity index (χ0n) is 7.41. The average molecular weight is 243 g/mol. The van der Waals surface area contributed by atoms with Gasteiger partial charge in [-0.1, -0.05) is 0 Å². The van der Waals surface area contributed by atoms with Crippen molar-refractivity contribution in [3.63, 3.8) is 0 Å². The molecule has 0 aromatic rings. The summed E-state index contributed by atoms with van der Waals surface area (Å²) in [5.74, 6) is 0. The van der Waals surface area contributed by atoms with Gasteiger partial charge >= 0.3 is 8.25 Å². The standard InChI is InChI=1S/C6H11O8P/c7-1-2(8)4(10)6(14-15(12)13)5(11)3(1)9/h1-11H/p+1/t1?,2-,3+,4-,5-,6?/m0/s1. The molecule has 1 aliphatic carbocycles. The fourth-order valence-electron chi connectivity index (χ4n) is 1.43. The van der Waals surface area contributed by atoms with Crippen LogP contribution in [0.3, 0.4) is 0 Å². The van der Waals surface area contributed by atoms with Gasteiger partial charge in [-0.25, -0.2) is 0 Å². The summed E-state index contributed by atoms with van der Waals surface area (Å²) in [6.07, 6.45) is -10.4. The van der Waals surface area contributed by atoms with E-state index in [9.17, 15) is 25.0 Å². The van der Waals surface area contributed by atoms with Crippen LogP contribution in [0.4, 0.5) is 0 Å². The molecule has 0 amide bonds. The minimum atomic E-state index is -3.10. The molecule has 1 rings (SSSR count). The normalized spacial score (nSPS) is 47.7. The van der Waals surface area contributed by atoms with Crippen molar-refractivity contribution in [1.82, 2.24) is 0 Å². The van der Waals surface area contributed by atoms with E-state index in [1.165, 1.54) is 0 Å². The van der Waals surface area contributed by atoms with Crippen molar-refractivity contribution in [3.8, 4) is 0 Å². The Labute approximate surface area is 85.3 Å². The molecule has 88 valence electrons. The van der Waals surface area contributed by atoms with Gasteiger partial charge in [0.05, 0.1) is 0 Å². The van der Waals surface area contributed by atoms with Gasteiger partial charge < -0.3 is 25.5 Å². The van der Waals surface area contributed by atoms with Crippen LogP contribution in [0, 0.1) is 0 Å². The molecule has 0 radical (unpaired) electrons. The number of hydrogen-bond donors (Lipinski definition) is 6. The van der Waals surface area contributed by atoms with E-state index in [4.69, 9.17) is 10.00 Å². The molecule has 8 nitrogen and oxygen atoms in total. The van der Waals surface area contributed by atoms with Gasteiger partial charge in [-0.3, -0.25) is 0 Å². The van der Waals surface area contributed by atoms with Gasteiger partial charge in [0, 0.05) is 4.57 Å². The molecule has 6 N–H and O–H groups in total. The summed E-state index contributed by atoms with van der Waals surface area (Å²) in [5, 5.41) is 46.1. The van der Waals surface area contributed by atoms with Crippen LogP contribution in [0.5, 0.6) is 0 Å². The van der Waals surface area contributed by atoms with Gasteiger partial charge in [-0.2, -0.15) is 0 Å². The van der Waals surface area contributed by atoms with Crippen molar-refractivity contribution in [1.29, 1.82) is 0 Å². The Morgan fingerprint density at radius 1 is 0.800 bits per heavy atom. The number of aliphatic hydroxyl groups excluding tert-OH is 5. The Balaban J connectivity index is 2.81. The van der Waals surface area contributed by atoms with Crippen molar-refractivity contribution in [2.24, 2.45) is 0 Å². The first-order valence-electron chi connectivity index (χ1n) is 4.09. The van der Waals surface area contributed by atoms with Gasteiger partial charge in [-0.05, 0) is 0 Å². The third-order valence-corrected chi connectivity index (χ3v) is 2.71. The molecule has 0 bridgehead atoms. The molecule has 1 fully saturated rings. The summed E-state index contributed by atoms with van der Waals surface area (Å²) in [5.41, 5.74) is 0. The highest BCUT2D eigenvalue weighted by Crippen LogP contribution is 2.29. The third kappa shape index (κ3) is 2.49. The molecular formula is C6H12O8P+. The molecule has 0 saturated heterocycles. The lowest BCUT2D eigenvalue weighted by atomic mass is 9.85. The van der Waals surface area contributed by atoms with Gasteiger partial charge in [0.25, 0.3) is 0 Å². The molecule has 0 aliphatic heterocycles. The highest BCUT2D eigenvalue weighted by molar-refractivity contribution is 7.32. The van der Waals surface area contributed by atoms with Crippen LogP contribution in [-0.2, 0) is 9.09 Å². The Morgan fingerprint density at radius 2 is 1.13 bits per heavy atom. The van der Waals surface area contributed by atoms with Crippen molar-refractivity contribution in [3.05, 3.63) is 0 Å². The maximum atomic E-state index is 10.3. The summed E-state index contributed by atoms with van der Waals surface area (Å²) in [6, 6.07) is 0. The molecule has 3 unspecified atom stereocenters. The Bertz CT molecular complexity index is 231. The molecule has 0 aromatic carbocycles. The number of aliphatic hydroxyl groups is 5. The first-order chi connectivity index (χ1) is 6.86. The summed E-state index contributed by atoms with van der Waals surface area (Å²) in [7, 11) is -3.10. The molecule has 0 heterocycles. The summed E-state index contributed by atoms with van der Waals surface area (Å²) in [4.78, 5) is 8.42. The van der Waals surface area contributed by atoms with E-state index in [0.29, 0.717) is 0 Å². The first kappa shape index (κ1) is 12.9. The molecule has 1 saturated carbocycles. The maximum Gasteiger partial charge on any atom is 0.695 e. The summed E-state index contributed by atoms with van der Waals surface area (Å²) in [6.45, 7) is 0. The molecule has 0 spiro atoms. The monoisotopic (exact) mass is 243 g/mol. The second-order valence-electron chi connectivity index (χ2n) is 3.26.